The second-order valence-corrected chi connectivity index (χ2v) is 9.30. The maximum atomic E-state index is 14.3. The normalized spacial score (nSPS) is 15.9. The van der Waals surface area contributed by atoms with E-state index in [2.05, 4.69) is 55.4 Å². The fraction of sp³-hybridized carbons (Fsp3) is 0.450. The summed E-state index contributed by atoms with van der Waals surface area (Å²) in [5, 5.41) is 4.17. The molecule has 3 aromatic rings. The van der Waals surface area contributed by atoms with Gasteiger partial charge in [-0.3, -0.25) is 0 Å². The molecule has 1 atom stereocenters. The summed E-state index contributed by atoms with van der Waals surface area (Å²) in [6, 6.07) is 4.10. The summed E-state index contributed by atoms with van der Waals surface area (Å²) < 4.78 is 17.5. The van der Waals surface area contributed by atoms with Crippen LogP contribution in [0.5, 0.6) is 0 Å². The van der Waals surface area contributed by atoms with Crippen molar-refractivity contribution in [2.75, 3.05) is 18.8 Å². The number of nitrogens with two attached hydrogens (primary N) is 1. The number of nitrogen functional groups attached to an aromatic ring is 1. The summed E-state index contributed by atoms with van der Waals surface area (Å²) in [5.41, 5.74) is 9.37. The van der Waals surface area contributed by atoms with E-state index in [1.165, 1.54) is 6.33 Å². The highest BCUT2D eigenvalue weighted by molar-refractivity contribution is 14.1. The van der Waals surface area contributed by atoms with Crippen molar-refractivity contribution in [1.29, 1.82) is 0 Å². The molecule has 0 aliphatic heterocycles. The number of unbranched alkanes of at least 4 members (excludes halogenated alkanes) is 1. The predicted octanol–water partition coefficient (Wildman–Crippen LogP) is 4.51. The minimum Gasteiger partial charge on any atom is -0.382 e. The number of imidazole rings is 1. The Morgan fingerprint density at radius 3 is 3.03 bits per heavy atom. The number of anilines is 1. The number of halogens is 2. The van der Waals surface area contributed by atoms with Gasteiger partial charge in [0.1, 0.15) is 12.5 Å². The number of nitrogens with one attached hydrogen (secondary N) is 1. The summed E-state index contributed by atoms with van der Waals surface area (Å²) >= 11 is 3.88. The van der Waals surface area contributed by atoms with Gasteiger partial charge < -0.3 is 15.6 Å². The van der Waals surface area contributed by atoms with E-state index in [1.807, 2.05) is 6.07 Å². The van der Waals surface area contributed by atoms with Crippen LogP contribution in [0.2, 0.25) is 0 Å². The molecule has 1 aromatic carbocycles. The highest BCUT2D eigenvalue weighted by atomic mass is 127. The first-order valence-electron chi connectivity index (χ1n) is 9.90. The third-order valence-corrected chi connectivity index (χ3v) is 7.47. The molecule has 6 nitrogen and oxygen atoms in total. The van der Waals surface area contributed by atoms with Crippen molar-refractivity contribution >= 4 is 51.3 Å². The fourth-order valence-electron chi connectivity index (χ4n) is 3.64. The molecule has 29 heavy (non-hydrogen) atoms. The number of benzene rings is 1. The van der Waals surface area contributed by atoms with Crippen LogP contribution in [0.25, 0.3) is 11.2 Å². The molecule has 2 heterocycles. The van der Waals surface area contributed by atoms with Crippen LogP contribution in [0.4, 0.5) is 10.2 Å². The van der Waals surface area contributed by atoms with E-state index in [0.717, 1.165) is 69.3 Å². The quantitative estimate of drug-likeness (QED) is 0.332. The second-order valence-electron chi connectivity index (χ2n) is 7.13. The molecular formula is C20H24FIN6S. The van der Waals surface area contributed by atoms with Gasteiger partial charge in [-0.05, 0) is 84.6 Å². The average molecular weight is 526 g/mol. The van der Waals surface area contributed by atoms with E-state index >= 15 is 0 Å². The van der Waals surface area contributed by atoms with Gasteiger partial charge in [-0.1, -0.05) is 18.7 Å². The average Bonchev–Trinajstić information content (AvgIpc) is 3.24. The molecule has 0 saturated carbocycles. The second kappa shape index (κ2) is 9.13. The van der Waals surface area contributed by atoms with Crippen molar-refractivity contribution in [3.8, 4) is 0 Å². The van der Waals surface area contributed by atoms with Gasteiger partial charge in [0.05, 0.1) is 0 Å². The molecule has 4 rings (SSSR count). The van der Waals surface area contributed by atoms with E-state index in [1.54, 1.807) is 11.8 Å². The molecule has 0 spiro atoms. The lowest BCUT2D eigenvalue weighted by atomic mass is 10.1. The van der Waals surface area contributed by atoms with E-state index in [4.69, 9.17) is 10.7 Å². The van der Waals surface area contributed by atoms with E-state index < -0.39 is 6.17 Å². The Kier molecular flexibility index (Phi) is 6.55. The van der Waals surface area contributed by atoms with Gasteiger partial charge in [0.15, 0.2) is 22.1 Å². The Labute approximate surface area is 187 Å². The third kappa shape index (κ3) is 4.36. The van der Waals surface area contributed by atoms with Crippen LogP contribution in [0.3, 0.4) is 0 Å². The number of aryl methyl sites for hydroxylation is 2. The Morgan fingerprint density at radius 1 is 1.34 bits per heavy atom. The largest absolute Gasteiger partial charge is 0.382 e. The highest BCUT2D eigenvalue weighted by Crippen LogP contribution is 2.41. The SMILES string of the molecule is CCNCCCCn1c(Sc2cc3c(cc2I)CCC3F)nc2c(N)ncnc21. The number of aromatic nitrogens is 4. The number of hydrogen-bond acceptors (Lipinski definition) is 6. The zero-order chi connectivity index (χ0) is 20.4. The topological polar surface area (TPSA) is 81.7 Å². The molecule has 3 N–H and O–H groups in total. The van der Waals surface area contributed by atoms with Gasteiger partial charge >= 0.3 is 0 Å². The molecule has 0 fully saturated rings. The minimum atomic E-state index is -0.868. The number of nitrogens with zero attached hydrogens (tertiary/aromatic N) is 4. The fourth-order valence-corrected chi connectivity index (χ4v) is 5.47. The molecule has 0 bridgehead atoms. The number of rotatable bonds is 8. The van der Waals surface area contributed by atoms with Crippen LogP contribution >= 0.6 is 34.4 Å². The van der Waals surface area contributed by atoms with Crippen molar-refractivity contribution in [3.05, 3.63) is 33.2 Å². The molecule has 1 aliphatic carbocycles. The van der Waals surface area contributed by atoms with Gasteiger partial charge in [0, 0.05) is 15.0 Å². The maximum Gasteiger partial charge on any atom is 0.175 e. The monoisotopic (exact) mass is 526 g/mol. The van der Waals surface area contributed by atoms with Crippen molar-refractivity contribution in [2.24, 2.45) is 0 Å². The Morgan fingerprint density at radius 2 is 2.21 bits per heavy atom. The van der Waals surface area contributed by atoms with Crippen LogP contribution < -0.4 is 11.1 Å². The van der Waals surface area contributed by atoms with Gasteiger partial charge in [0.2, 0.25) is 0 Å². The molecule has 0 radical (unpaired) electrons. The van der Waals surface area contributed by atoms with Crippen LogP contribution in [0, 0.1) is 3.57 Å². The maximum absolute atomic E-state index is 14.3. The summed E-state index contributed by atoms with van der Waals surface area (Å²) in [4.78, 5) is 14.3. The smallest absolute Gasteiger partial charge is 0.175 e. The molecule has 2 aromatic heterocycles. The number of alkyl halides is 1. The molecule has 9 heteroatoms. The van der Waals surface area contributed by atoms with Gasteiger partial charge in [-0.15, -0.1) is 0 Å². The molecule has 1 aliphatic rings. The van der Waals surface area contributed by atoms with Crippen LogP contribution in [-0.4, -0.2) is 32.6 Å². The molecule has 154 valence electrons. The lowest BCUT2D eigenvalue weighted by molar-refractivity contribution is 0.343. The highest BCUT2D eigenvalue weighted by Gasteiger charge is 2.24. The van der Waals surface area contributed by atoms with E-state index in [-0.39, 0.29) is 0 Å². The van der Waals surface area contributed by atoms with Gasteiger partial charge in [0.25, 0.3) is 0 Å². The van der Waals surface area contributed by atoms with Crippen molar-refractivity contribution in [1.82, 2.24) is 24.8 Å². The predicted molar refractivity (Wildman–Crippen MR) is 123 cm³/mol. The molecular weight excluding hydrogens is 502 g/mol. The van der Waals surface area contributed by atoms with Crippen LogP contribution in [-0.2, 0) is 13.0 Å². The van der Waals surface area contributed by atoms with E-state index in [9.17, 15) is 4.39 Å². The molecule has 1 unspecified atom stereocenters. The summed E-state index contributed by atoms with van der Waals surface area (Å²) in [6.45, 7) is 4.88. The summed E-state index contributed by atoms with van der Waals surface area (Å²) in [5.74, 6) is 0.385. The van der Waals surface area contributed by atoms with E-state index in [0.29, 0.717) is 17.8 Å². The zero-order valence-electron chi connectivity index (χ0n) is 16.3. The first-order chi connectivity index (χ1) is 14.1. The third-order valence-electron chi connectivity index (χ3n) is 5.16. The zero-order valence-corrected chi connectivity index (χ0v) is 19.3. The first kappa shape index (κ1) is 20.8. The van der Waals surface area contributed by atoms with Crippen molar-refractivity contribution in [2.45, 2.75) is 55.4 Å². The lowest BCUT2D eigenvalue weighted by Crippen LogP contribution is -2.14. The Balaban J connectivity index is 1.65. The standard InChI is InChI=1S/C20H24FIN6S/c1-2-24-7-3-4-8-28-19-17(18(23)25-11-26-19)27-20(28)29-16-10-13-12(9-15(16)22)5-6-14(13)21/h9-11,14,24H,2-8H2,1H3,(H2,23,25,26). The lowest BCUT2D eigenvalue weighted by Gasteiger charge is -2.11. The van der Waals surface area contributed by atoms with Crippen molar-refractivity contribution in [3.63, 3.8) is 0 Å². The van der Waals surface area contributed by atoms with Crippen LogP contribution in [0.15, 0.2) is 28.5 Å². The van der Waals surface area contributed by atoms with Crippen molar-refractivity contribution < 1.29 is 4.39 Å². The summed E-state index contributed by atoms with van der Waals surface area (Å²) in [6.07, 6.45) is 4.08. The summed E-state index contributed by atoms with van der Waals surface area (Å²) in [7, 11) is 0. The van der Waals surface area contributed by atoms with Gasteiger partial charge in [-0.25, -0.2) is 19.3 Å². The number of fused-ring (bicyclic) bond motifs is 2. The molecule has 0 saturated heterocycles. The number of hydrogen-bond donors (Lipinski definition) is 2. The molecule has 0 amide bonds. The Hall–Kier alpha value is -1.46. The minimum absolute atomic E-state index is 0.385. The first-order valence-corrected chi connectivity index (χ1v) is 11.8. The van der Waals surface area contributed by atoms with Gasteiger partial charge in [-0.2, -0.15) is 0 Å². The van der Waals surface area contributed by atoms with Crippen LogP contribution in [0.1, 0.15) is 43.5 Å². The Bertz CT molecular complexity index is 1020.